The summed E-state index contributed by atoms with van der Waals surface area (Å²) in [5.74, 6) is 0.0686. The smallest absolute Gasteiger partial charge is 0.324 e. The maximum Gasteiger partial charge on any atom is 0.324 e. The average molecular weight is 471 g/mol. The molecule has 0 radical (unpaired) electrons. The van der Waals surface area contributed by atoms with Gasteiger partial charge in [0.1, 0.15) is 10.7 Å². The number of nitrogens with zero attached hydrogens (tertiary/aromatic N) is 4. The van der Waals surface area contributed by atoms with Gasteiger partial charge in [-0.3, -0.25) is 19.7 Å². The van der Waals surface area contributed by atoms with Crippen LogP contribution < -0.4 is 0 Å². The van der Waals surface area contributed by atoms with Crippen LogP contribution in [0.2, 0.25) is 0 Å². The van der Waals surface area contributed by atoms with Crippen LogP contribution in [-0.2, 0) is 0 Å². The third-order valence-electron chi connectivity index (χ3n) is 5.38. The molecule has 0 spiro atoms. The summed E-state index contributed by atoms with van der Waals surface area (Å²) in [6, 6.07) is 11.0. The molecule has 3 aromatic rings. The van der Waals surface area contributed by atoms with Crippen molar-refractivity contribution in [2.75, 3.05) is 26.2 Å². The quantitative estimate of drug-likeness (QED) is 0.404. The third-order valence-corrected chi connectivity index (χ3v) is 7.30. The van der Waals surface area contributed by atoms with Crippen molar-refractivity contribution in [3.8, 4) is 10.6 Å². The summed E-state index contributed by atoms with van der Waals surface area (Å²) in [5, 5.41) is 13.4. The van der Waals surface area contributed by atoms with Gasteiger partial charge in [0.15, 0.2) is 0 Å². The minimum absolute atomic E-state index is 0.0552. The second-order valence-corrected chi connectivity index (χ2v) is 9.71. The molecule has 8 nitrogen and oxygen atoms in total. The number of carbonyl (C=O) groups excluding carboxylic acids is 2. The maximum atomic E-state index is 12.9. The molecular weight excluding hydrogens is 448 g/mol. The third kappa shape index (κ3) is 4.56. The molecule has 1 saturated heterocycles. The Morgan fingerprint density at radius 1 is 1.00 bits per heavy atom. The average Bonchev–Trinajstić information content (AvgIpc) is 3.49. The number of piperazine rings is 1. The zero-order chi connectivity index (χ0) is 22.8. The van der Waals surface area contributed by atoms with Crippen LogP contribution >= 0.6 is 22.7 Å². The summed E-state index contributed by atoms with van der Waals surface area (Å²) in [6.45, 7) is 5.84. The summed E-state index contributed by atoms with van der Waals surface area (Å²) in [7, 11) is 0. The van der Waals surface area contributed by atoms with E-state index in [0.29, 0.717) is 42.7 Å². The van der Waals surface area contributed by atoms with Crippen molar-refractivity contribution < 1.29 is 14.5 Å². The Labute approximate surface area is 193 Å². The van der Waals surface area contributed by atoms with E-state index in [-0.39, 0.29) is 16.8 Å². The first kappa shape index (κ1) is 22.1. The first-order valence-corrected chi connectivity index (χ1v) is 11.9. The number of thiazole rings is 1. The fourth-order valence-electron chi connectivity index (χ4n) is 3.49. The van der Waals surface area contributed by atoms with Gasteiger partial charge in [0.05, 0.1) is 9.80 Å². The van der Waals surface area contributed by atoms with Gasteiger partial charge in [0.25, 0.3) is 11.8 Å². The number of amides is 2. The second-order valence-electron chi connectivity index (χ2n) is 7.79. The summed E-state index contributed by atoms with van der Waals surface area (Å²) in [6.07, 6.45) is 0. The van der Waals surface area contributed by atoms with Gasteiger partial charge in [-0.15, -0.1) is 11.3 Å². The first-order valence-electron chi connectivity index (χ1n) is 10.2. The molecular formula is C22H22N4O4S2. The van der Waals surface area contributed by atoms with Gasteiger partial charge < -0.3 is 9.80 Å². The molecule has 0 saturated carbocycles. The number of rotatable bonds is 5. The van der Waals surface area contributed by atoms with Crippen molar-refractivity contribution >= 4 is 39.5 Å². The highest BCUT2D eigenvalue weighted by atomic mass is 32.1. The lowest BCUT2D eigenvalue weighted by molar-refractivity contribution is -0.380. The Balaban J connectivity index is 1.37. The SMILES string of the molecule is CC(C)c1ccc(-c2nc(C(=O)N3CCN(C(=O)c4ccc([N+](=O)[O-])s4)CC3)cs2)cc1. The highest BCUT2D eigenvalue weighted by molar-refractivity contribution is 7.17. The molecule has 0 N–H and O–H groups in total. The van der Waals surface area contributed by atoms with Gasteiger partial charge in [-0.2, -0.15) is 0 Å². The lowest BCUT2D eigenvalue weighted by Gasteiger charge is -2.34. The molecule has 2 aromatic heterocycles. The van der Waals surface area contributed by atoms with Gasteiger partial charge in [0.2, 0.25) is 0 Å². The van der Waals surface area contributed by atoms with E-state index in [0.717, 1.165) is 21.9 Å². The molecule has 0 atom stereocenters. The minimum atomic E-state index is -0.501. The number of thiophene rings is 1. The van der Waals surface area contributed by atoms with Crippen LogP contribution in [0.5, 0.6) is 0 Å². The summed E-state index contributed by atoms with van der Waals surface area (Å²) in [5.41, 5.74) is 2.65. The second kappa shape index (κ2) is 9.17. The van der Waals surface area contributed by atoms with Crippen molar-refractivity contribution in [1.29, 1.82) is 0 Å². The first-order chi connectivity index (χ1) is 15.3. The maximum absolute atomic E-state index is 12.9. The number of benzene rings is 1. The van der Waals surface area contributed by atoms with Crippen molar-refractivity contribution in [2.24, 2.45) is 0 Å². The Hall–Kier alpha value is -3.11. The van der Waals surface area contributed by atoms with Crippen LogP contribution in [0.3, 0.4) is 0 Å². The van der Waals surface area contributed by atoms with Crippen LogP contribution in [0, 0.1) is 10.1 Å². The Morgan fingerprint density at radius 3 is 2.19 bits per heavy atom. The molecule has 0 bridgehead atoms. The van der Waals surface area contributed by atoms with Crippen LogP contribution in [0.4, 0.5) is 5.00 Å². The number of hydrogen-bond acceptors (Lipinski definition) is 7. The van der Waals surface area contributed by atoms with Gasteiger partial charge in [-0.25, -0.2) is 4.98 Å². The number of carbonyl (C=O) groups is 2. The van der Waals surface area contributed by atoms with Gasteiger partial charge in [-0.05, 0) is 17.5 Å². The minimum Gasteiger partial charge on any atom is -0.334 e. The van der Waals surface area contributed by atoms with Crippen LogP contribution in [0.15, 0.2) is 41.8 Å². The molecule has 3 heterocycles. The van der Waals surface area contributed by atoms with Crippen molar-refractivity contribution in [3.63, 3.8) is 0 Å². The highest BCUT2D eigenvalue weighted by Gasteiger charge is 2.28. The Bertz CT molecular complexity index is 1140. The van der Waals surface area contributed by atoms with Crippen LogP contribution in [0.25, 0.3) is 10.6 Å². The van der Waals surface area contributed by atoms with E-state index in [4.69, 9.17) is 0 Å². The number of aromatic nitrogens is 1. The molecule has 2 amide bonds. The van der Waals surface area contributed by atoms with E-state index in [1.807, 2.05) is 12.1 Å². The van der Waals surface area contributed by atoms with E-state index in [1.54, 1.807) is 15.2 Å². The predicted octanol–water partition coefficient (Wildman–Crippen LogP) is 4.50. The zero-order valence-electron chi connectivity index (χ0n) is 17.7. The molecule has 4 rings (SSSR count). The molecule has 32 heavy (non-hydrogen) atoms. The Kier molecular flexibility index (Phi) is 6.33. The fraction of sp³-hybridized carbons (Fsp3) is 0.318. The summed E-state index contributed by atoms with van der Waals surface area (Å²) >= 11 is 2.31. The zero-order valence-corrected chi connectivity index (χ0v) is 19.3. The van der Waals surface area contributed by atoms with Crippen LogP contribution in [0.1, 0.15) is 45.5 Å². The molecule has 1 aliphatic rings. The van der Waals surface area contributed by atoms with E-state index in [2.05, 4.69) is 31.0 Å². The normalized spacial score (nSPS) is 14.1. The van der Waals surface area contributed by atoms with Crippen molar-refractivity contribution in [2.45, 2.75) is 19.8 Å². The molecule has 10 heteroatoms. The summed E-state index contributed by atoms with van der Waals surface area (Å²) in [4.78, 5) is 44.1. The largest absolute Gasteiger partial charge is 0.334 e. The lowest BCUT2D eigenvalue weighted by Crippen LogP contribution is -2.50. The number of hydrogen-bond donors (Lipinski definition) is 0. The van der Waals surface area contributed by atoms with E-state index >= 15 is 0 Å². The molecule has 1 fully saturated rings. The van der Waals surface area contributed by atoms with Gasteiger partial charge in [0, 0.05) is 43.2 Å². The van der Waals surface area contributed by atoms with E-state index in [9.17, 15) is 19.7 Å². The molecule has 0 unspecified atom stereocenters. The van der Waals surface area contributed by atoms with Gasteiger partial charge in [-0.1, -0.05) is 49.4 Å². The molecule has 1 aliphatic heterocycles. The summed E-state index contributed by atoms with van der Waals surface area (Å²) < 4.78 is 0. The van der Waals surface area contributed by atoms with E-state index < -0.39 is 4.92 Å². The lowest BCUT2D eigenvalue weighted by atomic mass is 10.0. The highest BCUT2D eigenvalue weighted by Crippen LogP contribution is 2.27. The molecule has 1 aromatic carbocycles. The monoisotopic (exact) mass is 470 g/mol. The van der Waals surface area contributed by atoms with Crippen molar-refractivity contribution in [3.05, 3.63) is 68.0 Å². The van der Waals surface area contributed by atoms with E-state index in [1.165, 1.54) is 29.0 Å². The standard InChI is InChI=1S/C22H22N4O4S2/c1-14(2)15-3-5-16(6-4-15)20-23-17(13-31-20)21(27)24-9-11-25(12-10-24)22(28)18-7-8-19(32-18)26(29)30/h3-8,13-14H,9-12H2,1-2H3. The predicted molar refractivity (Wildman–Crippen MR) is 124 cm³/mol. The number of nitro groups is 1. The molecule has 0 aliphatic carbocycles. The molecule has 166 valence electrons. The topological polar surface area (TPSA) is 96.7 Å². The van der Waals surface area contributed by atoms with Crippen molar-refractivity contribution in [1.82, 2.24) is 14.8 Å². The Morgan fingerprint density at radius 2 is 1.62 bits per heavy atom. The van der Waals surface area contributed by atoms with Gasteiger partial charge >= 0.3 is 5.00 Å². The fourth-order valence-corrected chi connectivity index (χ4v) is 5.07. The van der Waals surface area contributed by atoms with Crippen LogP contribution in [-0.4, -0.2) is 57.7 Å².